The second-order valence-corrected chi connectivity index (χ2v) is 4.84. The van der Waals surface area contributed by atoms with E-state index in [2.05, 4.69) is 11.8 Å². The first-order valence-electron chi connectivity index (χ1n) is 7.00. The Labute approximate surface area is 124 Å². The maximum atomic E-state index is 10.9. The molecule has 0 atom stereocenters. The quantitative estimate of drug-likeness (QED) is 0.492. The van der Waals surface area contributed by atoms with Gasteiger partial charge in [0.15, 0.2) is 0 Å². The summed E-state index contributed by atoms with van der Waals surface area (Å²) in [5.41, 5.74) is 7.86. The van der Waals surface area contributed by atoms with Crippen LogP contribution in [0.3, 0.4) is 0 Å². The van der Waals surface area contributed by atoms with Gasteiger partial charge in [0.25, 0.3) is 5.69 Å². The fraction of sp³-hybridized carbons (Fsp3) is 0.250. The Morgan fingerprint density at radius 3 is 2.43 bits per heavy atom. The van der Waals surface area contributed by atoms with Gasteiger partial charge in [0, 0.05) is 24.0 Å². The Morgan fingerprint density at radius 1 is 1.14 bits per heavy atom. The summed E-state index contributed by atoms with van der Waals surface area (Å²) in [6.07, 6.45) is 2.11. The summed E-state index contributed by atoms with van der Waals surface area (Å²) in [6, 6.07) is 14.8. The van der Waals surface area contributed by atoms with Gasteiger partial charge in [-0.15, -0.1) is 0 Å². The van der Waals surface area contributed by atoms with E-state index in [4.69, 9.17) is 5.73 Å². The SMILES string of the molecule is CCCCN(c1ccccc1)c1ccc([N+](=O)[O-])c(N)c1. The lowest BCUT2D eigenvalue weighted by molar-refractivity contribution is -0.383. The van der Waals surface area contributed by atoms with Crippen molar-refractivity contribution in [2.75, 3.05) is 17.2 Å². The van der Waals surface area contributed by atoms with Gasteiger partial charge in [-0.2, -0.15) is 0 Å². The zero-order valence-electron chi connectivity index (χ0n) is 12.0. The lowest BCUT2D eigenvalue weighted by atomic mass is 10.2. The Hall–Kier alpha value is -2.56. The Bertz CT molecular complexity index is 614. The molecule has 0 aliphatic heterocycles. The first-order chi connectivity index (χ1) is 10.1. The molecule has 0 fully saturated rings. The van der Waals surface area contributed by atoms with Gasteiger partial charge in [-0.05, 0) is 30.7 Å². The van der Waals surface area contributed by atoms with Gasteiger partial charge in [-0.25, -0.2) is 0 Å². The van der Waals surface area contributed by atoms with E-state index in [1.165, 1.54) is 6.07 Å². The normalized spacial score (nSPS) is 10.3. The van der Waals surface area contributed by atoms with Gasteiger partial charge in [0.1, 0.15) is 5.69 Å². The van der Waals surface area contributed by atoms with Crippen molar-refractivity contribution in [3.05, 3.63) is 58.6 Å². The van der Waals surface area contributed by atoms with Crippen molar-refractivity contribution in [1.82, 2.24) is 0 Å². The van der Waals surface area contributed by atoms with Gasteiger partial charge in [0.05, 0.1) is 4.92 Å². The van der Waals surface area contributed by atoms with E-state index in [-0.39, 0.29) is 11.4 Å². The molecule has 0 aliphatic carbocycles. The predicted molar refractivity (Wildman–Crippen MR) is 85.9 cm³/mol. The zero-order valence-corrected chi connectivity index (χ0v) is 12.0. The van der Waals surface area contributed by atoms with Crippen molar-refractivity contribution >= 4 is 22.7 Å². The van der Waals surface area contributed by atoms with Gasteiger partial charge in [-0.1, -0.05) is 31.5 Å². The minimum Gasteiger partial charge on any atom is -0.393 e. The van der Waals surface area contributed by atoms with Crippen LogP contribution in [0.1, 0.15) is 19.8 Å². The van der Waals surface area contributed by atoms with Gasteiger partial charge in [0.2, 0.25) is 0 Å². The first-order valence-corrected chi connectivity index (χ1v) is 7.00. The molecule has 2 aromatic rings. The molecule has 0 spiro atoms. The number of para-hydroxylation sites is 1. The Balaban J connectivity index is 2.37. The average molecular weight is 285 g/mol. The standard InChI is InChI=1S/C16H19N3O2/c1-2-3-11-18(13-7-5-4-6-8-13)14-9-10-16(19(20)21)15(17)12-14/h4-10,12H,2-3,11,17H2,1H3. The number of unbranched alkanes of at least 4 members (excludes halogenated alkanes) is 1. The summed E-state index contributed by atoms with van der Waals surface area (Å²) in [7, 11) is 0. The highest BCUT2D eigenvalue weighted by molar-refractivity contribution is 5.71. The van der Waals surface area contributed by atoms with Crippen molar-refractivity contribution in [2.45, 2.75) is 19.8 Å². The summed E-state index contributed by atoms with van der Waals surface area (Å²) in [5, 5.41) is 10.9. The topological polar surface area (TPSA) is 72.4 Å². The van der Waals surface area contributed by atoms with Crippen LogP contribution in [-0.4, -0.2) is 11.5 Å². The maximum Gasteiger partial charge on any atom is 0.292 e. The van der Waals surface area contributed by atoms with E-state index in [1.54, 1.807) is 12.1 Å². The number of nitrogen functional groups attached to an aromatic ring is 1. The molecule has 2 aromatic carbocycles. The van der Waals surface area contributed by atoms with Gasteiger partial charge >= 0.3 is 0 Å². The molecule has 0 radical (unpaired) electrons. The molecular weight excluding hydrogens is 266 g/mol. The van der Waals surface area contributed by atoms with Gasteiger partial charge in [-0.3, -0.25) is 10.1 Å². The van der Waals surface area contributed by atoms with Crippen molar-refractivity contribution in [3.63, 3.8) is 0 Å². The van der Waals surface area contributed by atoms with E-state index in [1.807, 2.05) is 30.3 Å². The molecule has 0 saturated carbocycles. The van der Waals surface area contributed by atoms with Crippen molar-refractivity contribution < 1.29 is 4.92 Å². The van der Waals surface area contributed by atoms with E-state index in [9.17, 15) is 10.1 Å². The summed E-state index contributed by atoms with van der Waals surface area (Å²) < 4.78 is 0. The van der Waals surface area contributed by atoms with Crippen LogP contribution in [0.25, 0.3) is 0 Å². The molecule has 21 heavy (non-hydrogen) atoms. The van der Waals surface area contributed by atoms with E-state index >= 15 is 0 Å². The number of nitrogens with zero attached hydrogens (tertiary/aromatic N) is 2. The minimum absolute atomic E-state index is 0.0535. The highest BCUT2D eigenvalue weighted by atomic mass is 16.6. The monoisotopic (exact) mass is 285 g/mol. The maximum absolute atomic E-state index is 10.9. The van der Waals surface area contributed by atoms with Crippen LogP contribution in [0.15, 0.2) is 48.5 Å². The number of hydrogen-bond donors (Lipinski definition) is 1. The fourth-order valence-electron chi connectivity index (χ4n) is 2.21. The molecule has 0 heterocycles. The summed E-state index contributed by atoms with van der Waals surface area (Å²) in [4.78, 5) is 12.5. The molecule has 110 valence electrons. The van der Waals surface area contributed by atoms with Crippen LogP contribution >= 0.6 is 0 Å². The van der Waals surface area contributed by atoms with Crippen LogP contribution in [0.5, 0.6) is 0 Å². The van der Waals surface area contributed by atoms with Crippen LogP contribution in [0.4, 0.5) is 22.7 Å². The largest absolute Gasteiger partial charge is 0.393 e. The zero-order chi connectivity index (χ0) is 15.2. The van der Waals surface area contributed by atoms with Crippen molar-refractivity contribution in [3.8, 4) is 0 Å². The highest BCUT2D eigenvalue weighted by Crippen LogP contribution is 2.31. The fourth-order valence-corrected chi connectivity index (χ4v) is 2.21. The number of benzene rings is 2. The molecule has 5 nitrogen and oxygen atoms in total. The number of nitro benzene ring substituents is 1. The number of nitrogens with two attached hydrogens (primary N) is 1. The minimum atomic E-state index is -0.460. The molecule has 5 heteroatoms. The van der Waals surface area contributed by atoms with Crippen LogP contribution in [0, 0.1) is 10.1 Å². The summed E-state index contributed by atoms with van der Waals surface area (Å²) >= 11 is 0. The molecule has 0 aromatic heterocycles. The van der Waals surface area contributed by atoms with E-state index in [0.29, 0.717) is 0 Å². The molecule has 0 saturated heterocycles. The molecule has 0 aliphatic rings. The van der Waals surface area contributed by atoms with Crippen molar-refractivity contribution in [2.24, 2.45) is 0 Å². The molecule has 0 amide bonds. The third kappa shape index (κ3) is 3.51. The number of hydrogen-bond acceptors (Lipinski definition) is 4. The second-order valence-electron chi connectivity index (χ2n) is 4.84. The molecule has 0 unspecified atom stereocenters. The Morgan fingerprint density at radius 2 is 1.86 bits per heavy atom. The lowest BCUT2D eigenvalue weighted by Gasteiger charge is -2.25. The lowest BCUT2D eigenvalue weighted by Crippen LogP contribution is -2.18. The average Bonchev–Trinajstić information content (AvgIpc) is 2.48. The smallest absolute Gasteiger partial charge is 0.292 e. The first kappa shape index (κ1) is 14.8. The number of anilines is 3. The highest BCUT2D eigenvalue weighted by Gasteiger charge is 2.15. The summed E-state index contributed by atoms with van der Waals surface area (Å²) in [5.74, 6) is 0. The molecular formula is C16H19N3O2. The van der Waals surface area contributed by atoms with E-state index in [0.717, 1.165) is 30.8 Å². The molecule has 0 bridgehead atoms. The molecule has 2 rings (SSSR count). The number of nitro groups is 1. The third-order valence-corrected chi connectivity index (χ3v) is 3.32. The van der Waals surface area contributed by atoms with Crippen LogP contribution in [0.2, 0.25) is 0 Å². The van der Waals surface area contributed by atoms with Crippen molar-refractivity contribution in [1.29, 1.82) is 0 Å². The van der Waals surface area contributed by atoms with Gasteiger partial charge < -0.3 is 10.6 Å². The summed E-state index contributed by atoms with van der Waals surface area (Å²) in [6.45, 7) is 2.98. The molecule has 2 N–H and O–H groups in total. The predicted octanol–water partition coefficient (Wildman–Crippen LogP) is 4.12. The van der Waals surface area contributed by atoms with E-state index < -0.39 is 4.92 Å². The number of rotatable bonds is 6. The van der Waals surface area contributed by atoms with Crippen LogP contribution < -0.4 is 10.6 Å². The second kappa shape index (κ2) is 6.74. The van der Waals surface area contributed by atoms with Crippen LogP contribution in [-0.2, 0) is 0 Å². The Kier molecular flexibility index (Phi) is 4.77. The third-order valence-electron chi connectivity index (χ3n) is 3.32.